The molecule has 1 saturated heterocycles. The second kappa shape index (κ2) is 19.6. The van der Waals surface area contributed by atoms with Crippen LogP contribution in [0.3, 0.4) is 0 Å². The predicted octanol–water partition coefficient (Wildman–Crippen LogP) is 6.41. The van der Waals surface area contributed by atoms with E-state index < -0.39 is 0 Å². The lowest BCUT2D eigenvalue weighted by molar-refractivity contribution is -0.122. The third-order valence-corrected chi connectivity index (χ3v) is 6.92. The number of aliphatic hydroxyl groups is 2. The van der Waals surface area contributed by atoms with E-state index in [9.17, 15) is 15.0 Å². The molecule has 0 radical (unpaired) electrons. The van der Waals surface area contributed by atoms with E-state index in [-0.39, 0.29) is 25.2 Å². The summed E-state index contributed by atoms with van der Waals surface area (Å²) in [7, 11) is 0. The van der Waals surface area contributed by atoms with Gasteiger partial charge < -0.3 is 20.8 Å². The fraction of sp³-hybridized carbons (Fsp3) is 0.531. The van der Waals surface area contributed by atoms with Gasteiger partial charge in [0.15, 0.2) is 0 Å². The van der Waals surface area contributed by atoms with Crippen LogP contribution in [0.4, 0.5) is 5.69 Å². The van der Waals surface area contributed by atoms with Gasteiger partial charge in [0.1, 0.15) is 0 Å². The van der Waals surface area contributed by atoms with Gasteiger partial charge in [0.05, 0.1) is 25.8 Å². The first-order valence-electron chi connectivity index (χ1n) is 14.3. The average molecular weight is 560 g/mol. The Labute approximate surface area is 241 Å². The van der Waals surface area contributed by atoms with E-state index in [4.69, 9.17) is 11.6 Å². The zero-order chi connectivity index (χ0) is 29.2. The Hall–Kier alpha value is -2.38. The van der Waals surface area contributed by atoms with Crippen LogP contribution in [0, 0.1) is 0 Å². The van der Waals surface area contributed by atoms with Gasteiger partial charge in [-0.05, 0) is 68.4 Å². The molecule has 4 N–H and O–H groups in total. The highest BCUT2D eigenvalue weighted by atomic mass is 35.5. The average Bonchev–Trinajstić information content (AvgIpc) is 2.96. The minimum absolute atomic E-state index is 0.0141. The molecule has 1 aromatic rings. The van der Waals surface area contributed by atoms with Gasteiger partial charge >= 0.3 is 0 Å². The molecule has 0 spiro atoms. The van der Waals surface area contributed by atoms with Gasteiger partial charge in [0.25, 0.3) is 0 Å². The van der Waals surface area contributed by atoms with Crippen molar-refractivity contribution in [3.63, 3.8) is 0 Å². The Morgan fingerprint density at radius 3 is 2.38 bits per heavy atom. The number of hydrogen-bond donors (Lipinski definition) is 4. The van der Waals surface area contributed by atoms with Crippen LogP contribution < -0.4 is 10.6 Å². The highest BCUT2D eigenvalue weighted by Crippen LogP contribution is 2.26. The van der Waals surface area contributed by atoms with Gasteiger partial charge in [-0.2, -0.15) is 0 Å². The van der Waals surface area contributed by atoms with Crippen molar-refractivity contribution in [2.45, 2.75) is 85.4 Å². The fourth-order valence-corrected chi connectivity index (χ4v) is 4.78. The molecule has 218 valence electrons. The number of rotatable bonds is 10. The van der Waals surface area contributed by atoms with Gasteiger partial charge in [-0.25, -0.2) is 0 Å². The summed E-state index contributed by atoms with van der Waals surface area (Å²) in [6, 6.07) is 5.77. The number of halogens is 1. The number of allylic oxidation sites excluding steroid dienone is 3. The quantitative estimate of drug-likeness (QED) is 0.249. The van der Waals surface area contributed by atoms with Crippen LogP contribution in [0.1, 0.15) is 72.3 Å². The molecule has 1 aliphatic carbocycles. The van der Waals surface area contributed by atoms with Crippen molar-refractivity contribution >= 4 is 23.2 Å². The van der Waals surface area contributed by atoms with Crippen LogP contribution in [0.15, 0.2) is 65.8 Å². The number of carbonyl (C=O) groups is 1. The van der Waals surface area contributed by atoms with E-state index in [1.54, 1.807) is 6.07 Å². The molecule has 1 aliphatic heterocycles. The Kier molecular flexibility index (Phi) is 17.5. The molecule has 1 fully saturated rings. The lowest BCUT2D eigenvalue weighted by Crippen LogP contribution is -2.46. The molecule has 0 bridgehead atoms. The molecule has 1 amide bonds. The molecular formula is C32H50ClN3O3. The van der Waals surface area contributed by atoms with Crippen LogP contribution >= 0.6 is 11.6 Å². The largest absolute Gasteiger partial charge is 0.392 e. The molecule has 0 aromatic heterocycles. The van der Waals surface area contributed by atoms with Crippen LogP contribution in [0.5, 0.6) is 0 Å². The van der Waals surface area contributed by atoms with Crippen molar-refractivity contribution in [1.82, 2.24) is 10.2 Å². The minimum atomic E-state index is -0.0536. The normalized spacial score (nSPS) is 17.9. The fourth-order valence-electron chi connectivity index (χ4n) is 4.59. The zero-order valence-corrected chi connectivity index (χ0v) is 25.4. The van der Waals surface area contributed by atoms with Gasteiger partial charge in [-0.1, -0.05) is 69.2 Å². The molecular weight excluding hydrogens is 510 g/mol. The summed E-state index contributed by atoms with van der Waals surface area (Å²) in [6.45, 7) is 15.7. The van der Waals surface area contributed by atoms with Crippen molar-refractivity contribution < 1.29 is 15.0 Å². The molecule has 1 heterocycles. The zero-order valence-electron chi connectivity index (χ0n) is 24.6. The SMILES string of the molecule is C=CCC.CC.CC/C=C(\C)C1=C(CO)C=CC(NC(=O)CN2CCC(Nc3ccc(Cl)cc3CO)CC2)C1. The van der Waals surface area contributed by atoms with Crippen LogP contribution in [-0.4, -0.2) is 59.3 Å². The van der Waals surface area contributed by atoms with Crippen LogP contribution in [-0.2, 0) is 11.4 Å². The van der Waals surface area contributed by atoms with Crippen molar-refractivity contribution in [1.29, 1.82) is 0 Å². The summed E-state index contributed by atoms with van der Waals surface area (Å²) >= 11 is 6.02. The maximum Gasteiger partial charge on any atom is 0.234 e. The third kappa shape index (κ3) is 12.1. The lowest BCUT2D eigenvalue weighted by Gasteiger charge is -2.33. The number of amides is 1. The maximum absolute atomic E-state index is 12.7. The van der Waals surface area contributed by atoms with E-state index in [0.717, 1.165) is 61.2 Å². The Balaban J connectivity index is 0.00000116. The van der Waals surface area contributed by atoms with E-state index in [0.29, 0.717) is 24.0 Å². The minimum Gasteiger partial charge on any atom is -0.392 e. The number of hydrogen-bond acceptors (Lipinski definition) is 5. The molecule has 3 rings (SSSR count). The first kappa shape index (κ1) is 34.6. The van der Waals surface area contributed by atoms with Gasteiger partial charge in [0.2, 0.25) is 5.91 Å². The smallest absolute Gasteiger partial charge is 0.234 e. The summed E-state index contributed by atoms with van der Waals surface area (Å²) < 4.78 is 0. The van der Waals surface area contributed by atoms with E-state index in [1.807, 2.05) is 44.2 Å². The van der Waals surface area contributed by atoms with E-state index in [1.165, 1.54) is 5.57 Å². The Morgan fingerprint density at radius 2 is 1.82 bits per heavy atom. The first-order chi connectivity index (χ1) is 18.8. The third-order valence-electron chi connectivity index (χ3n) is 6.69. The Bertz CT molecular complexity index is 979. The standard InChI is InChI=1S/C26H36ClN3O3.C4H8.C2H6/c1-3-4-18(2)24-14-23(7-5-19(24)16-31)29-26(33)15-30-11-9-22(10-12-30)28-25-8-6-21(27)13-20(25)17-32;1-3-4-2;1-2/h4-8,13,22-23,28,31-32H,3,9-12,14-17H2,1-2H3,(H,29,33);3H,1,4H2,2H3;1-2H3/b18-4+;;. The number of carbonyl (C=O) groups excluding carboxylic acids is 1. The van der Waals surface area contributed by atoms with Crippen molar-refractivity contribution in [3.05, 3.63) is 76.4 Å². The number of nitrogens with one attached hydrogen (secondary N) is 2. The highest BCUT2D eigenvalue weighted by Gasteiger charge is 2.23. The summed E-state index contributed by atoms with van der Waals surface area (Å²) in [5.41, 5.74) is 4.95. The number of aliphatic hydroxyl groups excluding tert-OH is 2. The molecule has 7 heteroatoms. The van der Waals surface area contributed by atoms with Crippen LogP contribution in [0.2, 0.25) is 5.02 Å². The van der Waals surface area contributed by atoms with Crippen LogP contribution in [0.25, 0.3) is 0 Å². The summed E-state index contributed by atoms with van der Waals surface area (Å²) in [5, 5.41) is 26.5. The summed E-state index contributed by atoms with van der Waals surface area (Å²) in [5.74, 6) is 0.0280. The second-order valence-corrected chi connectivity index (χ2v) is 9.98. The molecule has 1 atom stereocenters. The lowest BCUT2D eigenvalue weighted by atomic mass is 9.89. The molecule has 0 saturated carbocycles. The summed E-state index contributed by atoms with van der Waals surface area (Å²) in [6.07, 6.45) is 12.5. The maximum atomic E-state index is 12.7. The second-order valence-electron chi connectivity index (χ2n) is 9.55. The monoisotopic (exact) mass is 559 g/mol. The van der Waals surface area contributed by atoms with E-state index in [2.05, 4.69) is 49.0 Å². The van der Waals surface area contributed by atoms with Gasteiger partial charge in [0, 0.05) is 35.4 Å². The first-order valence-corrected chi connectivity index (χ1v) is 14.7. The van der Waals surface area contributed by atoms with E-state index >= 15 is 0 Å². The number of benzene rings is 1. The number of anilines is 1. The molecule has 39 heavy (non-hydrogen) atoms. The molecule has 1 aromatic carbocycles. The number of nitrogens with zero attached hydrogens (tertiary/aromatic N) is 1. The molecule has 1 unspecified atom stereocenters. The molecule has 2 aliphatic rings. The predicted molar refractivity (Wildman–Crippen MR) is 166 cm³/mol. The van der Waals surface area contributed by atoms with Gasteiger partial charge in [-0.3, -0.25) is 9.69 Å². The Morgan fingerprint density at radius 1 is 1.15 bits per heavy atom. The topological polar surface area (TPSA) is 84.8 Å². The summed E-state index contributed by atoms with van der Waals surface area (Å²) in [4.78, 5) is 14.9. The number of piperidine rings is 1. The van der Waals surface area contributed by atoms with Crippen molar-refractivity contribution in [2.75, 3.05) is 31.6 Å². The molecule has 6 nitrogen and oxygen atoms in total. The number of likely N-dealkylation sites (tertiary alicyclic amines) is 1. The van der Waals surface area contributed by atoms with Crippen molar-refractivity contribution in [3.8, 4) is 0 Å². The van der Waals surface area contributed by atoms with Crippen molar-refractivity contribution in [2.24, 2.45) is 0 Å². The highest BCUT2D eigenvalue weighted by molar-refractivity contribution is 6.30. The van der Waals surface area contributed by atoms with Gasteiger partial charge in [-0.15, -0.1) is 6.58 Å².